The molecule has 1 atom stereocenters. The van der Waals surface area contributed by atoms with Crippen molar-refractivity contribution in [2.45, 2.75) is 66.5 Å². The van der Waals surface area contributed by atoms with Gasteiger partial charge in [-0.25, -0.2) is 4.98 Å². The number of hydrogen-bond donors (Lipinski definition) is 0. The monoisotopic (exact) mass is 312 g/mol. The van der Waals surface area contributed by atoms with Crippen LogP contribution in [-0.2, 0) is 9.53 Å². The fourth-order valence-electron chi connectivity index (χ4n) is 1.67. The Morgan fingerprint density at radius 2 is 2.05 bits per heavy atom. The molecule has 0 saturated carbocycles. The Morgan fingerprint density at radius 3 is 2.38 bits per heavy atom. The Labute approximate surface area is 132 Å². The first-order chi connectivity index (χ1) is 9.65. The van der Waals surface area contributed by atoms with Crippen molar-refractivity contribution in [3.05, 3.63) is 16.6 Å². The van der Waals surface area contributed by atoms with Crippen LogP contribution in [0.15, 0.2) is 16.6 Å². The Hall–Kier alpha value is -1.23. The highest BCUT2D eigenvalue weighted by Crippen LogP contribution is 2.11. The number of aliphatic imine (C=N–C) groups is 1. The van der Waals surface area contributed by atoms with Crippen LogP contribution in [0.5, 0.6) is 0 Å². The maximum Gasteiger partial charge on any atom is 0.293 e. The van der Waals surface area contributed by atoms with Crippen LogP contribution in [0.1, 0.15) is 59.9 Å². The van der Waals surface area contributed by atoms with Crippen LogP contribution in [0.2, 0.25) is 0 Å². The van der Waals surface area contributed by atoms with E-state index in [1.807, 2.05) is 39.3 Å². The van der Waals surface area contributed by atoms with E-state index in [-0.39, 0.29) is 5.60 Å². The van der Waals surface area contributed by atoms with Gasteiger partial charge in [-0.1, -0.05) is 13.8 Å². The van der Waals surface area contributed by atoms with Crippen molar-refractivity contribution in [1.29, 1.82) is 0 Å². The zero-order valence-corrected chi connectivity index (χ0v) is 15.0. The summed E-state index contributed by atoms with van der Waals surface area (Å²) in [5, 5.41) is 3.03. The van der Waals surface area contributed by atoms with Gasteiger partial charge in [-0.2, -0.15) is 0 Å². The van der Waals surface area contributed by atoms with Crippen molar-refractivity contribution >= 4 is 23.5 Å². The number of thiazole rings is 1. The predicted octanol–water partition coefficient (Wildman–Crippen LogP) is 4.34. The summed E-state index contributed by atoms with van der Waals surface area (Å²) < 4.78 is 4.55. The summed E-state index contributed by atoms with van der Waals surface area (Å²) in [7, 11) is 0. The molecule has 0 N–H and O–H groups in total. The fourth-order valence-corrected chi connectivity index (χ4v) is 2.26. The molecule has 5 heteroatoms. The Morgan fingerprint density at radius 1 is 1.43 bits per heavy atom. The third-order valence-electron chi connectivity index (χ3n) is 2.37. The number of ether oxygens (including phenoxy) is 1. The molecule has 1 aromatic rings. The van der Waals surface area contributed by atoms with Crippen LogP contribution in [0.25, 0.3) is 0 Å². The minimum Gasteiger partial charge on any atom is -0.462 e. The normalized spacial score (nSPS) is 13.4. The minimum absolute atomic E-state index is 0.318. The molecule has 21 heavy (non-hydrogen) atoms. The molecule has 0 aliphatic heterocycles. The molecular formula is C16H28N2O2S. The van der Waals surface area contributed by atoms with E-state index < -0.39 is 0 Å². The van der Waals surface area contributed by atoms with Crippen LogP contribution in [0, 0.1) is 5.92 Å². The van der Waals surface area contributed by atoms with Crippen molar-refractivity contribution in [2.24, 2.45) is 10.9 Å². The van der Waals surface area contributed by atoms with Crippen LogP contribution < -0.4 is 0 Å². The number of aromatic nitrogens is 1. The summed E-state index contributed by atoms with van der Waals surface area (Å²) in [6.07, 6.45) is 2.97. The Balaban J connectivity index is 0.000000486. The molecule has 0 aliphatic rings. The van der Waals surface area contributed by atoms with Gasteiger partial charge >= 0.3 is 0 Å². The molecule has 0 saturated heterocycles. The summed E-state index contributed by atoms with van der Waals surface area (Å²) in [6.45, 7) is 14.6. The van der Waals surface area contributed by atoms with Crippen LogP contribution in [0.3, 0.4) is 0 Å². The van der Waals surface area contributed by atoms with Gasteiger partial charge in [-0.3, -0.25) is 9.79 Å². The molecule has 1 aromatic heterocycles. The highest BCUT2D eigenvalue weighted by molar-refractivity contribution is 7.11. The third kappa shape index (κ3) is 11.1. The summed E-state index contributed by atoms with van der Waals surface area (Å²) in [6, 6.07) is 0.402. The van der Waals surface area contributed by atoms with Crippen molar-refractivity contribution in [1.82, 2.24) is 4.98 Å². The highest BCUT2D eigenvalue weighted by Gasteiger charge is 2.07. The first kappa shape index (κ1) is 19.8. The molecule has 1 unspecified atom stereocenters. The highest BCUT2D eigenvalue weighted by atomic mass is 32.1. The molecule has 0 fully saturated rings. The molecule has 0 bridgehead atoms. The standard InChI is InChI=1S/C11H18N2S.C5H10O2/c1-8(2)7-9(3)13-10(4)11-12-5-6-14-11;1-5(2,3)7-4-6/h5-6,8-9H,7H2,1-4H3;4H,1-3H3. The molecular weight excluding hydrogens is 284 g/mol. The van der Waals surface area contributed by atoms with Gasteiger partial charge in [0.2, 0.25) is 0 Å². The lowest BCUT2D eigenvalue weighted by atomic mass is 10.1. The number of rotatable bonds is 5. The van der Waals surface area contributed by atoms with E-state index in [2.05, 4.69) is 35.5 Å². The maximum absolute atomic E-state index is 9.60. The van der Waals surface area contributed by atoms with Crippen molar-refractivity contribution < 1.29 is 9.53 Å². The van der Waals surface area contributed by atoms with Gasteiger partial charge in [0.15, 0.2) is 0 Å². The second kappa shape index (κ2) is 9.66. The molecule has 120 valence electrons. The van der Waals surface area contributed by atoms with Gasteiger partial charge in [-0.05, 0) is 47.0 Å². The van der Waals surface area contributed by atoms with E-state index in [4.69, 9.17) is 0 Å². The molecule has 0 aromatic carbocycles. The summed E-state index contributed by atoms with van der Waals surface area (Å²) in [5.74, 6) is 0.706. The van der Waals surface area contributed by atoms with E-state index >= 15 is 0 Å². The number of hydrogen-bond acceptors (Lipinski definition) is 5. The second-order valence-corrected chi connectivity index (χ2v) is 7.25. The minimum atomic E-state index is -0.318. The number of nitrogens with zero attached hydrogens (tertiary/aromatic N) is 2. The van der Waals surface area contributed by atoms with Gasteiger partial charge in [0.05, 0.1) is 5.71 Å². The van der Waals surface area contributed by atoms with E-state index in [0.29, 0.717) is 18.4 Å². The van der Waals surface area contributed by atoms with Gasteiger partial charge in [0, 0.05) is 17.6 Å². The average molecular weight is 312 g/mol. The van der Waals surface area contributed by atoms with E-state index in [0.717, 1.165) is 17.1 Å². The van der Waals surface area contributed by atoms with E-state index in [9.17, 15) is 4.79 Å². The van der Waals surface area contributed by atoms with Crippen molar-refractivity contribution in [3.8, 4) is 0 Å². The third-order valence-corrected chi connectivity index (χ3v) is 3.25. The molecule has 1 rings (SSSR count). The molecule has 4 nitrogen and oxygen atoms in total. The SMILES string of the molecule is CC(=NC(C)CC(C)C)c1nccs1.CC(C)(C)OC=O. The maximum atomic E-state index is 9.60. The molecule has 0 amide bonds. The average Bonchev–Trinajstić information content (AvgIpc) is 2.79. The summed E-state index contributed by atoms with van der Waals surface area (Å²) >= 11 is 1.65. The van der Waals surface area contributed by atoms with Gasteiger partial charge in [0.1, 0.15) is 10.6 Å². The molecule has 0 radical (unpaired) electrons. The lowest BCUT2D eigenvalue weighted by molar-refractivity contribution is -0.138. The lowest BCUT2D eigenvalue weighted by Crippen LogP contribution is -2.17. The fraction of sp³-hybridized carbons (Fsp3) is 0.688. The predicted molar refractivity (Wildman–Crippen MR) is 90.1 cm³/mol. The van der Waals surface area contributed by atoms with E-state index in [1.165, 1.54) is 0 Å². The zero-order chi connectivity index (χ0) is 16.5. The lowest BCUT2D eigenvalue weighted by Gasteiger charge is -2.14. The van der Waals surface area contributed by atoms with Gasteiger partial charge < -0.3 is 4.74 Å². The van der Waals surface area contributed by atoms with Crippen molar-refractivity contribution in [2.75, 3.05) is 0 Å². The first-order valence-corrected chi connectivity index (χ1v) is 8.09. The first-order valence-electron chi connectivity index (χ1n) is 7.21. The number of carbonyl (C=O) groups excluding carboxylic acids is 1. The topological polar surface area (TPSA) is 51.6 Å². The van der Waals surface area contributed by atoms with E-state index in [1.54, 1.807) is 11.3 Å². The largest absolute Gasteiger partial charge is 0.462 e. The van der Waals surface area contributed by atoms with Gasteiger partial charge in [0.25, 0.3) is 6.47 Å². The Bertz CT molecular complexity index is 420. The Kier molecular flexibility index (Phi) is 9.09. The molecule has 1 heterocycles. The molecule has 0 aliphatic carbocycles. The van der Waals surface area contributed by atoms with Gasteiger partial charge in [-0.15, -0.1) is 11.3 Å². The zero-order valence-electron chi connectivity index (χ0n) is 14.2. The molecule has 0 spiro atoms. The summed E-state index contributed by atoms with van der Waals surface area (Å²) in [5.41, 5.74) is 0.745. The quantitative estimate of drug-likeness (QED) is 0.600. The second-order valence-electron chi connectivity index (χ2n) is 6.36. The number of carbonyl (C=O) groups is 1. The van der Waals surface area contributed by atoms with Crippen LogP contribution >= 0.6 is 11.3 Å². The van der Waals surface area contributed by atoms with Crippen LogP contribution in [0.4, 0.5) is 0 Å². The smallest absolute Gasteiger partial charge is 0.293 e. The van der Waals surface area contributed by atoms with Crippen LogP contribution in [-0.4, -0.2) is 28.8 Å². The summed E-state index contributed by atoms with van der Waals surface area (Å²) in [4.78, 5) is 18.5. The van der Waals surface area contributed by atoms with Crippen molar-refractivity contribution in [3.63, 3.8) is 0 Å².